The van der Waals surface area contributed by atoms with Gasteiger partial charge in [-0.15, -0.1) is 0 Å². The van der Waals surface area contributed by atoms with Gasteiger partial charge in [0.1, 0.15) is 5.75 Å². The summed E-state index contributed by atoms with van der Waals surface area (Å²) in [5, 5.41) is 0. The smallest absolute Gasteiger partial charge is 0.232 e. The zero-order valence-electron chi connectivity index (χ0n) is 11.5. The number of benzene rings is 1. The summed E-state index contributed by atoms with van der Waals surface area (Å²) >= 11 is 0. The van der Waals surface area contributed by atoms with Gasteiger partial charge in [-0.25, -0.2) is 0 Å². The first-order valence-corrected chi connectivity index (χ1v) is 6.21. The lowest BCUT2D eigenvalue weighted by Gasteiger charge is -2.17. The van der Waals surface area contributed by atoms with Crippen LogP contribution in [-0.2, 0) is 11.2 Å². The Morgan fingerprint density at radius 2 is 2.15 bits per heavy atom. The van der Waals surface area contributed by atoms with Crippen LogP contribution in [-0.4, -0.2) is 25.0 Å². The van der Waals surface area contributed by atoms with E-state index in [4.69, 9.17) is 10.5 Å². The molecule has 0 aliphatic rings. The van der Waals surface area contributed by atoms with Crippen molar-refractivity contribution in [3.8, 4) is 5.75 Å². The number of pyridine rings is 1. The normalized spacial score (nSPS) is 10.1. The summed E-state index contributed by atoms with van der Waals surface area (Å²) in [7, 11) is 3.33. The van der Waals surface area contributed by atoms with E-state index in [0.29, 0.717) is 17.1 Å². The van der Waals surface area contributed by atoms with Crippen LogP contribution >= 0.6 is 0 Å². The zero-order valence-corrected chi connectivity index (χ0v) is 11.5. The zero-order chi connectivity index (χ0) is 14.5. The monoisotopic (exact) mass is 271 g/mol. The van der Waals surface area contributed by atoms with Crippen molar-refractivity contribution in [2.45, 2.75) is 6.42 Å². The van der Waals surface area contributed by atoms with Crippen LogP contribution < -0.4 is 15.4 Å². The molecular formula is C15H17N3O2. The second kappa shape index (κ2) is 6.06. The molecule has 0 aliphatic carbocycles. The minimum atomic E-state index is -0.0458. The lowest BCUT2D eigenvalue weighted by Crippen LogP contribution is -2.28. The Morgan fingerprint density at radius 3 is 2.80 bits per heavy atom. The molecule has 1 aromatic heterocycles. The van der Waals surface area contributed by atoms with Gasteiger partial charge in [0, 0.05) is 24.5 Å². The van der Waals surface area contributed by atoms with E-state index >= 15 is 0 Å². The summed E-state index contributed by atoms with van der Waals surface area (Å²) in [5.41, 5.74) is 7.63. The molecule has 1 amide bonds. The largest absolute Gasteiger partial charge is 0.497 e. The van der Waals surface area contributed by atoms with E-state index in [0.717, 1.165) is 5.69 Å². The van der Waals surface area contributed by atoms with Gasteiger partial charge in [-0.3, -0.25) is 9.78 Å². The predicted octanol–water partition coefficient (Wildman–Crippen LogP) is 1.88. The fourth-order valence-electron chi connectivity index (χ4n) is 1.78. The van der Waals surface area contributed by atoms with E-state index in [1.807, 2.05) is 24.3 Å². The predicted molar refractivity (Wildman–Crippen MR) is 78.8 cm³/mol. The quantitative estimate of drug-likeness (QED) is 0.921. The number of anilines is 2. The first-order valence-electron chi connectivity index (χ1n) is 6.21. The van der Waals surface area contributed by atoms with E-state index in [-0.39, 0.29) is 12.3 Å². The summed E-state index contributed by atoms with van der Waals surface area (Å²) in [6, 6.07) is 10.8. The highest BCUT2D eigenvalue weighted by molar-refractivity contribution is 5.94. The maximum absolute atomic E-state index is 12.2. The van der Waals surface area contributed by atoms with Crippen molar-refractivity contribution < 1.29 is 9.53 Å². The first-order chi connectivity index (χ1) is 9.60. The van der Waals surface area contributed by atoms with Gasteiger partial charge in [-0.2, -0.15) is 0 Å². The van der Waals surface area contributed by atoms with Crippen molar-refractivity contribution in [2.24, 2.45) is 0 Å². The maximum Gasteiger partial charge on any atom is 0.232 e. The highest BCUT2D eigenvalue weighted by atomic mass is 16.5. The van der Waals surface area contributed by atoms with Gasteiger partial charge in [-0.05, 0) is 24.3 Å². The molecule has 5 nitrogen and oxygen atoms in total. The molecule has 104 valence electrons. The average Bonchev–Trinajstić information content (AvgIpc) is 2.48. The fourth-order valence-corrected chi connectivity index (χ4v) is 1.78. The molecule has 0 fully saturated rings. The third-order valence-electron chi connectivity index (χ3n) is 2.99. The number of hydrogen-bond acceptors (Lipinski definition) is 4. The summed E-state index contributed by atoms with van der Waals surface area (Å²) in [6.07, 6.45) is 1.78. The van der Waals surface area contributed by atoms with Gasteiger partial charge < -0.3 is 15.4 Å². The molecule has 2 N–H and O–H groups in total. The summed E-state index contributed by atoms with van der Waals surface area (Å²) in [6.45, 7) is 0. The first kappa shape index (κ1) is 13.9. The number of hydrogen-bond donors (Lipinski definition) is 1. The Balaban J connectivity index is 2.09. The molecule has 5 heteroatoms. The van der Waals surface area contributed by atoms with Crippen molar-refractivity contribution >= 4 is 17.3 Å². The number of nitrogen functional groups attached to an aromatic ring is 1. The molecule has 0 bridgehead atoms. The number of methoxy groups -OCH3 is 1. The topological polar surface area (TPSA) is 68.5 Å². The van der Waals surface area contributed by atoms with Gasteiger partial charge >= 0.3 is 0 Å². The number of carbonyl (C=O) groups excluding carboxylic acids is 1. The summed E-state index contributed by atoms with van der Waals surface area (Å²) < 4.78 is 5.15. The van der Waals surface area contributed by atoms with Crippen molar-refractivity contribution in [3.63, 3.8) is 0 Å². The Labute approximate surface area is 118 Å². The molecule has 0 unspecified atom stereocenters. The minimum Gasteiger partial charge on any atom is -0.497 e. The van der Waals surface area contributed by atoms with Crippen LogP contribution in [0.25, 0.3) is 0 Å². The molecule has 0 aliphatic heterocycles. The molecule has 0 radical (unpaired) electrons. The molecule has 0 atom stereocenters. The van der Waals surface area contributed by atoms with E-state index in [1.54, 1.807) is 37.4 Å². The van der Waals surface area contributed by atoms with Gasteiger partial charge in [0.05, 0.1) is 25.4 Å². The van der Waals surface area contributed by atoms with Crippen LogP contribution in [0.3, 0.4) is 0 Å². The van der Waals surface area contributed by atoms with Crippen molar-refractivity contribution in [2.75, 3.05) is 24.8 Å². The number of nitrogens with zero attached hydrogens (tertiary/aromatic N) is 2. The van der Waals surface area contributed by atoms with E-state index in [9.17, 15) is 4.79 Å². The molecule has 1 aromatic carbocycles. The number of rotatable bonds is 4. The van der Waals surface area contributed by atoms with Gasteiger partial charge in [-0.1, -0.05) is 6.07 Å². The second-order valence-electron chi connectivity index (χ2n) is 4.41. The van der Waals surface area contributed by atoms with Crippen LogP contribution in [0.4, 0.5) is 11.4 Å². The van der Waals surface area contributed by atoms with Crippen LogP contribution in [0, 0.1) is 0 Å². The SMILES string of the molecule is COc1cccc(N(C)C(=O)Cc2ccc(N)cn2)c1. The Kier molecular flexibility index (Phi) is 4.20. The number of carbonyl (C=O) groups is 1. The molecule has 0 saturated carbocycles. The van der Waals surface area contributed by atoms with Gasteiger partial charge in [0.2, 0.25) is 5.91 Å². The molecule has 1 heterocycles. The Hall–Kier alpha value is -2.56. The molecule has 2 aromatic rings. The van der Waals surface area contributed by atoms with E-state index in [2.05, 4.69) is 4.98 Å². The van der Waals surface area contributed by atoms with Crippen LogP contribution in [0.15, 0.2) is 42.6 Å². The Bertz CT molecular complexity index is 596. The highest BCUT2D eigenvalue weighted by Crippen LogP contribution is 2.20. The molecule has 0 saturated heterocycles. The summed E-state index contributed by atoms with van der Waals surface area (Å²) in [4.78, 5) is 17.9. The van der Waals surface area contributed by atoms with Crippen molar-refractivity contribution in [3.05, 3.63) is 48.3 Å². The maximum atomic E-state index is 12.2. The van der Waals surface area contributed by atoms with Crippen molar-refractivity contribution in [1.29, 1.82) is 0 Å². The molecular weight excluding hydrogens is 254 g/mol. The van der Waals surface area contributed by atoms with Gasteiger partial charge in [0.25, 0.3) is 0 Å². The number of likely N-dealkylation sites (N-methyl/N-ethyl adjacent to an activating group) is 1. The molecule has 2 rings (SSSR count). The number of aromatic nitrogens is 1. The second-order valence-corrected chi connectivity index (χ2v) is 4.41. The third kappa shape index (κ3) is 3.26. The van der Waals surface area contributed by atoms with Gasteiger partial charge in [0.15, 0.2) is 0 Å². The third-order valence-corrected chi connectivity index (χ3v) is 2.99. The highest BCUT2D eigenvalue weighted by Gasteiger charge is 2.12. The number of ether oxygens (including phenoxy) is 1. The van der Waals surface area contributed by atoms with E-state index < -0.39 is 0 Å². The summed E-state index contributed by atoms with van der Waals surface area (Å²) in [5.74, 6) is 0.670. The average molecular weight is 271 g/mol. The molecule has 20 heavy (non-hydrogen) atoms. The molecule has 0 spiro atoms. The lowest BCUT2D eigenvalue weighted by atomic mass is 10.2. The minimum absolute atomic E-state index is 0.0458. The van der Waals surface area contributed by atoms with Crippen molar-refractivity contribution in [1.82, 2.24) is 4.98 Å². The van der Waals surface area contributed by atoms with Crippen LogP contribution in [0.1, 0.15) is 5.69 Å². The number of amides is 1. The van der Waals surface area contributed by atoms with E-state index in [1.165, 1.54) is 0 Å². The fraction of sp³-hybridized carbons (Fsp3) is 0.200. The van der Waals surface area contributed by atoms with Crippen LogP contribution in [0.5, 0.6) is 5.75 Å². The standard InChI is InChI=1S/C15H17N3O2/c1-18(13-4-3-5-14(9-13)20-2)15(19)8-12-7-6-11(16)10-17-12/h3-7,9-10H,8,16H2,1-2H3. The number of nitrogens with two attached hydrogens (primary N) is 1. The Morgan fingerprint density at radius 1 is 1.35 bits per heavy atom. The van der Waals surface area contributed by atoms with Crippen LogP contribution in [0.2, 0.25) is 0 Å². The lowest BCUT2D eigenvalue weighted by molar-refractivity contribution is -0.117.